The zero-order chi connectivity index (χ0) is 13.8. The molecule has 18 heavy (non-hydrogen) atoms. The molecule has 0 aliphatic rings. The number of halogens is 1. The minimum absolute atomic E-state index is 0.0905. The predicted molar refractivity (Wildman–Crippen MR) is 72.3 cm³/mol. The molecule has 0 saturated carbocycles. The first-order valence-corrected chi connectivity index (χ1v) is 6.19. The van der Waals surface area contributed by atoms with Gasteiger partial charge in [-0.25, -0.2) is 4.39 Å². The van der Waals surface area contributed by atoms with E-state index in [0.717, 1.165) is 18.5 Å². The molecular formula is C14H23FN2O. The van der Waals surface area contributed by atoms with Crippen LogP contribution in [-0.4, -0.2) is 19.2 Å². The SMILES string of the molecule is COc1ccc(C(C)NCCC(C)(C)N)cc1F. The molecule has 1 aromatic rings. The van der Waals surface area contributed by atoms with Gasteiger partial charge in [0.05, 0.1) is 7.11 Å². The van der Waals surface area contributed by atoms with Crippen LogP contribution in [0.2, 0.25) is 0 Å². The van der Waals surface area contributed by atoms with Crippen molar-refractivity contribution in [1.29, 1.82) is 0 Å². The minimum atomic E-state index is -0.331. The van der Waals surface area contributed by atoms with Crippen LogP contribution >= 0.6 is 0 Å². The Balaban J connectivity index is 2.56. The predicted octanol–water partition coefficient (Wildman–Crippen LogP) is 2.61. The zero-order valence-corrected chi connectivity index (χ0v) is 11.6. The second kappa shape index (κ2) is 6.16. The molecule has 3 N–H and O–H groups in total. The average Bonchev–Trinajstić information content (AvgIpc) is 2.27. The maximum atomic E-state index is 13.5. The second-order valence-corrected chi connectivity index (χ2v) is 5.31. The van der Waals surface area contributed by atoms with Crippen molar-refractivity contribution >= 4 is 0 Å². The van der Waals surface area contributed by atoms with E-state index in [1.165, 1.54) is 13.2 Å². The van der Waals surface area contributed by atoms with Crippen molar-refractivity contribution in [3.63, 3.8) is 0 Å². The van der Waals surface area contributed by atoms with E-state index in [2.05, 4.69) is 5.32 Å². The van der Waals surface area contributed by atoms with Gasteiger partial charge in [-0.3, -0.25) is 0 Å². The molecule has 4 heteroatoms. The number of methoxy groups -OCH3 is 1. The molecule has 0 fully saturated rings. The summed E-state index contributed by atoms with van der Waals surface area (Å²) in [7, 11) is 1.46. The van der Waals surface area contributed by atoms with E-state index in [1.54, 1.807) is 6.07 Å². The van der Waals surface area contributed by atoms with Crippen molar-refractivity contribution in [1.82, 2.24) is 5.32 Å². The van der Waals surface area contributed by atoms with Gasteiger partial charge in [0.2, 0.25) is 0 Å². The van der Waals surface area contributed by atoms with E-state index in [1.807, 2.05) is 26.8 Å². The Morgan fingerprint density at radius 1 is 1.44 bits per heavy atom. The molecule has 0 bridgehead atoms. The molecule has 1 rings (SSSR count). The van der Waals surface area contributed by atoms with Crippen LogP contribution < -0.4 is 15.8 Å². The normalized spacial score (nSPS) is 13.4. The van der Waals surface area contributed by atoms with Gasteiger partial charge in [0.1, 0.15) is 0 Å². The zero-order valence-electron chi connectivity index (χ0n) is 11.6. The Kier molecular flexibility index (Phi) is 5.11. The molecule has 0 spiro atoms. The molecule has 0 aliphatic carbocycles. The Bertz CT molecular complexity index is 388. The highest BCUT2D eigenvalue weighted by Gasteiger charge is 2.12. The Hall–Kier alpha value is -1.13. The Morgan fingerprint density at radius 3 is 2.61 bits per heavy atom. The summed E-state index contributed by atoms with van der Waals surface area (Å²) in [6, 6.07) is 5.11. The van der Waals surface area contributed by atoms with E-state index >= 15 is 0 Å². The Morgan fingerprint density at radius 2 is 2.11 bits per heavy atom. The van der Waals surface area contributed by atoms with Crippen molar-refractivity contribution in [2.45, 2.75) is 38.8 Å². The highest BCUT2D eigenvalue weighted by atomic mass is 19.1. The van der Waals surface area contributed by atoms with Gasteiger partial charge in [-0.1, -0.05) is 6.07 Å². The molecule has 1 aromatic carbocycles. The molecule has 1 atom stereocenters. The molecule has 3 nitrogen and oxygen atoms in total. The molecule has 102 valence electrons. The van der Waals surface area contributed by atoms with Gasteiger partial charge in [0.25, 0.3) is 0 Å². The van der Waals surface area contributed by atoms with E-state index in [-0.39, 0.29) is 23.1 Å². The topological polar surface area (TPSA) is 47.3 Å². The molecular weight excluding hydrogens is 231 g/mol. The fourth-order valence-corrected chi connectivity index (χ4v) is 1.68. The average molecular weight is 254 g/mol. The summed E-state index contributed by atoms with van der Waals surface area (Å²) < 4.78 is 18.4. The van der Waals surface area contributed by atoms with Crippen molar-refractivity contribution in [3.05, 3.63) is 29.6 Å². The fraction of sp³-hybridized carbons (Fsp3) is 0.571. The van der Waals surface area contributed by atoms with Crippen LogP contribution in [0.4, 0.5) is 4.39 Å². The lowest BCUT2D eigenvalue weighted by Gasteiger charge is -2.21. The summed E-state index contributed by atoms with van der Waals surface area (Å²) >= 11 is 0. The third-order valence-corrected chi connectivity index (χ3v) is 2.90. The third kappa shape index (κ3) is 4.63. The Labute approximate surface area is 109 Å². The van der Waals surface area contributed by atoms with Crippen LogP contribution in [-0.2, 0) is 0 Å². The summed E-state index contributed by atoms with van der Waals surface area (Å²) in [6.45, 7) is 6.79. The number of nitrogens with two attached hydrogens (primary N) is 1. The number of benzene rings is 1. The van der Waals surface area contributed by atoms with Crippen LogP contribution in [0.15, 0.2) is 18.2 Å². The van der Waals surface area contributed by atoms with E-state index in [4.69, 9.17) is 10.5 Å². The first kappa shape index (κ1) is 14.9. The van der Waals surface area contributed by atoms with Gasteiger partial charge in [-0.05, 0) is 51.4 Å². The standard InChI is InChI=1S/C14H23FN2O/c1-10(17-8-7-14(2,3)16)11-5-6-13(18-4)12(15)9-11/h5-6,9-10,17H,7-8,16H2,1-4H3. The van der Waals surface area contributed by atoms with Gasteiger partial charge in [0, 0.05) is 11.6 Å². The van der Waals surface area contributed by atoms with Crippen LogP contribution in [0, 0.1) is 5.82 Å². The van der Waals surface area contributed by atoms with Crippen LogP contribution in [0.25, 0.3) is 0 Å². The summed E-state index contributed by atoms with van der Waals surface area (Å²) in [6.07, 6.45) is 0.871. The fourth-order valence-electron chi connectivity index (χ4n) is 1.68. The summed E-state index contributed by atoms with van der Waals surface area (Å²) in [4.78, 5) is 0. The molecule has 0 amide bonds. The molecule has 0 saturated heterocycles. The van der Waals surface area contributed by atoms with E-state index in [0.29, 0.717) is 0 Å². The van der Waals surface area contributed by atoms with E-state index in [9.17, 15) is 4.39 Å². The number of hydrogen-bond donors (Lipinski definition) is 2. The van der Waals surface area contributed by atoms with Gasteiger partial charge in [-0.2, -0.15) is 0 Å². The van der Waals surface area contributed by atoms with Crippen molar-refractivity contribution in [2.75, 3.05) is 13.7 Å². The maximum Gasteiger partial charge on any atom is 0.165 e. The molecule has 0 aliphatic heterocycles. The highest BCUT2D eigenvalue weighted by Crippen LogP contribution is 2.21. The lowest BCUT2D eigenvalue weighted by Crippen LogP contribution is -2.36. The van der Waals surface area contributed by atoms with Crippen molar-refractivity contribution < 1.29 is 9.13 Å². The lowest BCUT2D eigenvalue weighted by atomic mass is 10.0. The largest absolute Gasteiger partial charge is 0.494 e. The summed E-state index contributed by atoms with van der Waals surface area (Å²) in [5.74, 6) is -0.0585. The smallest absolute Gasteiger partial charge is 0.165 e. The molecule has 1 unspecified atom stereocenters. The number of nitrogens with one attached hydrogen (secondary N) is 1. The van der Waals surface area contributed by atoms with Gasteiger partial charge in [-0.15, -0.1) is 0 Å². The lowest BCUT2D eigenvalue weighted by molar-refractivity contribution is 0.385. The number of rotatable bonds is 6. The molecule has 0 radical (unpaired) electrons. The monoisotopic (exact) mass is 254 g/mol. The number of hydrogen-bond acceptors (Lipinski definition) is 3. The van der Waals surface area contributed by atoms with Crippen molar-refractivity contribution in [3.8, 4) is 5.75 Å². The quantitative estimate of drug-likeness (QED) is 0.820. The van der Waals surface area contributed by atoms with E-state index < -0.39 is 0 Å². The van der Waals surface area contributed by atoms with Crippen LogP contribution in [0.3, 0.4) is 0 Å². The van der Waals surface area contributed by atoms with Gasteiger partial charge < -0.3 is 15.8 Å². The third-order valence-electron chi connectivity index (χ3n) is 2.90. The first-order valence-electron chi connectivity index (χ1n) is 6.19. The van der Waals surface area contributed by atoms with Crippen LogP contribution in [0.5, 0.6) is 5.75 Å². The number of ether oxygens (including phenoxy) is 1. The van der Waals surface area contributed by atoms with Crippen LogP contribution in [0.1, 0.15) is 38.8 Å². The highest BCUT2D eigenvalue weighted by molar-refractivity contribution is 5.30. The van der Waals surface area contributed by atoms with Gasteiger partial charge in [0.15, 0.2) is 11.6 Å². The molecule has 0 heterocycles. The summed E-state index contributed by atoms with van der Waals surface area (Å²) in [5, 5.41) is 3.33. The molecule has 0 aromatic heterocycles. The second-order valence-electron chi connectivity index (χ2n) is 5.31. The summed E-state index contributed by atoms with van der Waals surface area (Å²) in [5.41, 5.74) is 6.63. The maximum absolute atomic E-state index is 13.5. The van der Waals surface area contributed by atoms with Crippen molar-refractivity contribution in [2.24, 2.45) is 5.73 Å². The van der Waals surface area contributed by atoms with Gasteiger partial charge >= 0.3 is 0 Å². The minimum Gasteiger partial charge on any atom is -0.494 e. The first-order chi connectivity index (χ1) is 8.33.